The molecule has 0 atom stereocenters. The van der Waals surface area contributed by atoms with Crippen LogP contribution < -0.4 is 0 Å². The Hall–Kier alpha value is -3.35. The van der Waals surface area contributed by atoms with Crippen LogP contribution in [0.1, 0.15) is 25.0 Å². The van der Waals surface area contributed by atoms with E-state index in [4.69, 9.17) is 11.6 Å². The summed E-state index contributed by atoms with van der Waals surface area (Å²) in [5.74, 6) is 0. The fourth-order valence-electron chi connectivity index (χ4n) is 5.31. The maximum Gasteiger partial charge on any atom is 0.0406 e. The Morgan fingerprint density at radius 3 is 2.06 bits per heavy atom. The van der Waals surface area contributed by atoms with Gasteiger partial charge < -0.3 is 0 Å². The summed E-state index contributed by atoms with van der Waals surface area (Å²) in [6, 6.07) is 37.1. The lowest BCUT2D eigenvalue weighted by atomic mass is 9.81. The Labute approximate surface area is 194 Å². The molecule has 0 spiro atoms. The topological polar surface area (TPSA) is 0 Å². The fraction of sp³-hybridized carbons (Fsp3) is 0.0968. The normalized spacial score (nSPS) is 13.7. The van der Waals surface area contributed by atoms with E-state index in [1.165, 1.54) is 55.3 Å². The van der Waals surface area contributed by atoms with E-state index in [1.807, 2.05) is 12.1 Å². The molecule has 0 saturated heterocycles. The second-order valence-corrected chi connectivity index (χ2v) is 9.58. The highest BCUT2D eigenvalue weighted by molar-refractivity contribution is 6.30. The second kappa shape index (κ2) is 7.08. The van der Waals surface area contributed by atoms with Gasteiger partial charge in [0.1, 0.15) is 0 Å². The van der Waals surface area contributed by atoms with Crippen molar-refractivity contribution in [2.75, 3.05) is 0 Å². The highest BCUT2D eigenvalue weighted by Gasteiger charge is 2.35. The van der Waals surface area contributed by atoms with Gasteiger partial charge in [0.25, 0.3) is 0 Å². The van der Waals surface area contributed by atoms with E-state index < -0.39 is 0 Å². The van der Waals surface area contributed by atoms with Gasteiger partial charge in [-0.2, -0.15) is 0 Å². The lowest BCUT2D eigenvalue weighted by Gasteiger charge is -2.22. The fourth-order valence-corrected chi connectivity index (χ4v) is 5.44. The molecule has 0 unspecified atom stereocenters. The zero-order valence-corrected chi connectivity index (χ0v) is 18.9. The average molecular weight is 431 g/mol. The maximum atomic E-state index is 6.19. The Bertz CT molecular complexity index is 1490. The van der Waals surface area contributed by atoms with Gasteiger partial charge in [-0.1, -0.05) is 110 Å². The van der Waals surface area contributed by atoms with Crippen molar-refractivity contribution in [2.24, 2.45) is 0 Å². The van der Waals surface area contributed by atoms with Crippen LogP contribution in [0.25, 0.3) is 44.2 Å². The average Bonchev–Trinajstić information content (AvgIpc) is 3.05. The molecule has 5 aromatic rings. The maximum absolute atomic E-state index is 6.19. The van der Waals surface area contributed by atoms with Crippen LogP contribution in [-0.4, -0.2) is 0 Å². The summed E-state index contributed by atoms with van der Waals surface area (Å²) in [5.41, 5.74) is 10.4. The summed E-state index contributed by atoms with van der Waals surface area (Å²) >= 11 is 6.19. The van der Waals surface area contributed by atoms with Crippen LogP contribution >= 0.6 is 11.6 Å². The summed E-state index contributed by atoms with van der Waals surface area (Å²) in [6.07, 6.45) is 0. The minimum absolute atomic E-state index is 0.0209. The molecule has 154 valence electrons. The molecule has 0 N–H and O–H groups in total. The molecular weight excluding hydrogens is 408 g/mol. The molecule has 1 aliphatic rings. The van der Waals surface area contributed by atoms with E-state index in [1.54, 1.807) is 0 Å². The Balaban J connectivity index is 1.64. The van der Waals surface area contributed by atoms with Crippen molar-refractivity contribution in [1.29, 1.82) is 0 Å². The van der Waals surface area contributed by atoms with Crippen LogP contribution in [0.15, 0.2) is 103 Å². The number of hydrogen-bond donors (Lipinski definition) is 0. The van der Waals surface area contributed by atoms with E-state index >= 15 is 0 Å². The Kier molecular flexibility index (Phi) is 4.28. The molecule has 0 aromatic heterocycles. The lowest BCUT2D eigenvalue weighted by Crippen LogP contribution is -2.14. The van der Waals surface area contributed by atoms with E-state index in [9.17, 15) is 0 Å². The molecule has 1 aliphatic carbocycles. The predicted octanol–water partition coefficient (Wildman–Crippen LogP) is 9.13. The number of rotatable bonds is 2. The minimum atomic E-state index is -0.0209. The summed E-state index contributed by atoms with van der Waals surface area (Å²) in [7, 11) is 0. The predicted molar refractivity (Wildman–Crippen MR) is 137 cm³/mol. The van der Waals surface area contributed by atoms with Crippen molar-refractivity contribution >= 4 is 22.4 Å². The van der Waals surface area contributed by atoms with Crippen LogP contribution in [-0.2, 0) is 5.41 Å². The Morgan fingerprint density at radius 2 is 1.22 bits per heavy atom. The molecule has 0 fully saturated rings. The van der Waals surface area contributed by atoms with E-state index in [-0.39, 0.29) is 5.41 Å². The molecule has 0 aliphatic heterocycles. The van der Waals surface area contributed by atoms with Gasteiger partial charge in [0.15, 0.2) is 0 Å². The highest BCUT2D eigenvalue weighted by Crippen LogP contribution is 2.50. The monoisotopic (exact) mass is 430 g/mol. The van der Waals surface area contributed by atoms with Gasteiger partial charge in [-0.05, 0) is 73.5 Å². The summed E-state index contributed by atoms with van der Waals surface area (Å²) in [5, 5.41) is 3.28. The zero-order valence-electron chi connectivity index (χ0n) is 18.2. The van der Waals surface area contributed by atoms with Crippen LogP contribution in [0, 0.1) is 0 Å². The molecule has 6 rings (SSSR count). The lowest BCUT2D eigenvalue weighted by molar-refractivity contribution is 0.660. The highest BCUT2D eigenvalue weighted by atomic mass is 35.5. The van der Waals surface area contributed by atoms with Crippen molar-refractivity contribution in [3.05, 3.63) is 119 Å². The molecule has 0 saturated carbocycles. The van der Waals surface area contributed by atoms with Gasteiger partial charge in [-0.15, -0.1) is 0 Å². The SMILES string of the molecule is CC1(C)c2ccccc2-c2ccc(-c3c(-c4ccc(Cl)cc4)ccc4ccccc34)cc21. The molecule has 0 radical (unpaired) electrons. The molecule has 0 amide bonds. The smallest absolute Gasteiger partial charge is 0.0406 e. The largest absolute Gasteiger partial charge is 0.0843 e. The number of hydrogen-bond acceptors (Lipinski definition) is 0. The van der Waals surface area contributed by atoms with E-state index in [0.717, 1.165) is 5.02 Å². The second-order valence-electron chi connectivity index (χ2n) is 9.15. The minimum Gasteiger partial charge on any atom is -0.0843 e. The number of fused-ring (bicyclic) bond motifs is 4. The third kappa shape index (κ3) is 2.83. The van der Waals surface area contributed by atoms with Crippen molar-refractivity contribution < 1.29 is 0 Å². The third-order valence-electron chi connectivity index (χ3n) is 6.96. The van der Waals surface area contributed by atoms with Crippen molar-refractivity contribution in [1.82, 2.24) is 0 Å². The molecule has 5 aromatic carbocycles. The standard InChI is InChI=1S/C31H23Cl/c1-31(2)28-10-6-5-9-26(28)27-18-14-22(19-29(27)31)30-24-8-4-3-7-20(24)13-17-25(30)21-11-15-23(32)16-12-21/h3-19H,1-2H3. The first-order valence-corrected chi connectivity index (χ1v) is 11.4. The number of halogens is 1. The third-order valence-corrected chi connectivity index (χ3v) is 7.21. The Morgan fingerprint density at radius 1 is 0.562 bits per heavy atom. The van der Waals surface area contributed by atoms with Crippen LogP contribution in [0.2, 0.25) is 5.02 Å². The molecule has 32 heavy (non-hydrogen) atoms. The van der Waals surface area contributed by atoms with Gasteiger partial charge in [-0.25, -0.2) is 0 Å². The van der Waals surface area contributed by atoms with Crippen LogP contribution in [0.3, 0.4) is 0 Å². The molecule has 0 heterocycles. The van der Waals surface area contributed by atoms with E-state index in [0.29, 0.717) is 0 Å². The first kappa shape index (κ1) is 19.3. The van der Waals surface area contributed by atoms with Gasteiger partial charge in [-0.3, -0.25) is 0 Å². The van der Waals surface area contributed by atoms with Crippen molar-refractivity contribution in [2.45, 2.75) is 19.3 Å². The van der Waals surface area contributed by atoms with Gasteiger partial charge in [0.2, 0.25) is 0 Å². The summed E-state index contributed by atoms with van der Waals surface area (Å²) in [6.45, 7) is 4.68. The van der Waals surface area contributed by atoms with Gasteiger partial charge in [0.05, 0.1) is 0 Å². The van der Waals surface area contributed by atoms with E-state index in [2.05, 4.69) is 105 Å². The molecular formula is C31H23Cl. The first-order chi connectivity index (χ1) is 15.5. The van der Waals surface area contributed by atoms with Gasteiger partial charge >= 0.3 is 0 Å². The van der Waals surface area contributed by atoms with Crippen molar-refractivity contribution in [3.8, 4) is 33.4 Å². The molecule has 1 heteroatoms. The van der Waals surface area contributed by atoms with Crippen LogP contribution in [0.5, 0.6) is 0 Å². The van der Waals surface area contributed by atoms with Crippen molar-refractivity contribution in [3.63, 3.8) is 0 Å². The first-order valence-electron chi connectivity index (χ1n) is 11.1. The quantitative estimate of drug-likeness (QED) is 0.262. The molecule has 0 nitrogen and oxygen atoms in total. The number of benzene rings is 5. The summed E-state index contributed by atoms with van der Waals surface area (Å²) in [4.78, 5) is 0. The zero-order chi connectivity index (χ0) is 21.9. The molecule has 0 bridgehead atoms. The summed E-state index contributed by atoms with van der Waals surface area (Å²) < 4.78 is 0. The van der Waals surface area contributed by atoms with Gasteiger partial charge in [0, 0.05) is 10.4 Å². The van der Waals surface area contributed by atoms with Crippen LogP contribution in [0.4, 0.5) is 0 Å².